The minimum atomic E-state index is 0.974. The summed E-state index contributed by atoms with van der Waals surface area (Å²) in [4.78, 5) is 4.59. The van der Waals surface area contributed by atoms with Gasteiger partial charge in [-0.05, 0) is 90.8 Å². The fourth-order valence-corrected chi connectivity index (χ4v) is 6.89. The van der Waals surface area contributed by atoms with E-state index >= 15 is 0 Å². The molecule has 45 heavy (non-hydrogen) atoms. The molecule has 0 atom stereocenters. The molecule has 0 radical (unpaired) electrons. The van der Waals surface area contributed by atoms with E-state index in [2.05, 4.69) is 161 Å². The van der Waals surface area contributed by atoms with Gasteiger partial charge in [0.05, 0.1) is 27.8 Å². The second-order valence-corrected chi connectivity index (χ2v) is 11.8. The second kappa shape index (κ2) is 10.1. The second-order valence-electron chi connectivity index (χ2n) is 11.8. The van der Waals surface area contributed by atoms with Crippen LogP contribution in [0.5, 0.6) is 0 Å². The first-order chi connectivity index (χ1) is 22.2. The highest BCUT2D eigenvalue weighted by atomic mass is 15.0. The number of aryl methyl sites for hydroxylation is 1. The molecule has 0 bridgehead atoms. The van der Waals surface area contributed by atoms with Gasteiger partial charge in [-0.15, -0.1) is 0 Å². The molecule has 0 saturated carbocycles. The quantitative estimate of drug-likeness (QED) is 0.205. The molecule has 0 spiro atoms. The van der Waals surface area contributed by atoms with Gasteiger partial charge in [0.1, 0.15) is 0 Å². The van der Waals surface area contributed by atoms with Crippen molar-refractivity contribution in [1.29, 1.82) is 0 Å². The maximum absolute atomic E-state index is 4.59. The molecule has 0 unspecified atom stereocenters. The molecule has 6 aromatic carbocycles. The Balaban J connectivity index is 1.22. The van der Waals surface area contributed by atoms with E-state index in [1.807, 2.05) is 18.3 Å². The van der Waals surface area contributed by atoms with E-state index in [4.69, 9.17) is 0 Å². The van der Waals surface area contributed by atoms with Crippen molar-refractivity contribution >= 4 is 43.6 Å². The van der Waals surface area contributed by atoms with Gasteiger partial charge in [-0.25, -0.2) is 0 Å². The molecule has 3 nitrogen and oxygen atoms in total. The third kappa shape index (κ3) is 4.09. The summed E-state index contributed by atoms with van der Waals surface area (Å²) in [5.74, 6) is 0. The molecule has 0 aliphatic carbocycles. The Morgan fingerprint density at radius 3 is 1.60 bits per heavy atom. The number of benzene rings is 6. The zero-order valence-electron chi connectivity index (χ0n) is 24.9. The highest BCUT2D eigenvalue weighted by Gasteiger charge is 2.16. The fraction of sp³-hybridized carbons (Fsp3) is 0.0238. The molecule has 3 heteroatoms. The average molecular weight is 576 g/mol. The van der Waals surface area contributed by atoms with Gasteiger partial charge in [0.2, 0.25) is 0 Å². The summed E-state index contributed by atoms with van der Waals surface area (Å²) < 4.78 is 4.75. The third-order valence-electron chi connectivity index (χ3n) is 9.04. The standard InChI is InChI=1S/C42H29N3/c1-28-16-20-32(21-17-28)44-39-14-4-2-11-34(39)36-26-29(18-22-41(36)44)30-19-23-42-37(27-30)35-12-3-5-15-40(35)45(42)33-10-8-9-31(25-33)38-13-6-7-24-43-38/h2-27H,1H3. The number of pyridine rings is 1. The monoisotopic (exact) mass is 575 g/mol. The lowest BCUT2D eigenvalue weighted by Gasteiger charge is -2.11. The van der Waals surface area contributed by atoms with E-state index in [1.54, 1.807) is 0 Å². The molecule has 3 aromatic heterocycles. The minimum absolute atomic E-state index is 0.974. The van der Waals surface area contributed by atoms with E-state index in [9.17, 15) is 0 Å². The molecule has 9 rings (SSSR count). The molecule has 0 fully saturated rings. The van der Waals surface area contributed by atoms with Crippen molar-refractivity contribution < 1.29 is 0 Å². The van der Waals surface area contributed by atoms with E-state index in [0.717, 1.165) is 16.9 Å². The van der Waals surface area contributed by atoms with Crippen molar-refractivity contribution in [3.63, 3.8) is 0 Å². The van der Waals surface area contributed by atoms with Crippen LogP contribution in [0.3, 0.4) is 0 Å². The molecule has 0 N–H and O–H groups in total. The summed E-state index contributed by atoms with van der Waals surface area (Å²) in [6.45, 7) is 2.13. The molecule has 9 aromatic rings. The van der Waals surface area contributed by atoms with Crippen LogP contribution in [0, 0.1) is 6.92 Å². The molecular weight excluding hydrogens is 546 g/mol. The van der Waals surface area contributed by atoms with E-state index in [1.165, 1.54) is 66.0 Å². The lowest BCUT2D eigenvalue weighted by Crippen LogP contribution is -1.94. The molecule has 0 saturated heterocycles. The van der Waals surface area contributed by atoms with Crippen molar-refractivity contribution in [2.45, 2.75) is 6.92 Å². The first-order valence-corrected chi connectivity index (χ1v) is 15.4. The smallest absolute Gasteiger partial charge is 0.0702 e. The summed E-state index contributed by atoms with van der Waals surface area (Å²) >= 11 is 0. The van der Waals surface area contributed by atoms with Crippen LogP contribution in [0.25, 0.3) is 77.4 Å². The first kappa shape index (κ1) is 25.6. The Hall–Kier alpha value is -5.93. The molecule has 0 aliphatic heterocycles. The summed E-state index contributed by atoms with van der Waals surface area (Å²) in [6, 6.07) is 54.8. The number of rotatable bonds is 4. The summed E-state index contributed by atoms with van der Waals surface area (Å²) in [7, 11) is 0. The largest absolute Gasteiger partial charge is 0.309 e. The van der Waals surface area contributed by atoms with E-state index < -0.39 is 0 Å². The van der Waals surface area contributed by atoms with Crippen LogP contribution in [-0.2, 0) is 0 Å². The predicted octanol–water partition coefficient (Wildman–Crippen LogP) is 10.9. The number of fused-ring (bicyclic) bond motifs is 6. The maximum atomic E-state index is 4.59. The Morgan fingerprint density at radius 2 is 0.978 bits per heavy atom. The molecule has 212 valence electrons. The van der Waals surface area contributed by atoms with Crippen molar-refractivity contribution in [3.8, 4) is 33.8 Å². The highest BCUT2D eigenvalue weighted by Crippen LogP contribution is 2.38. The molecule has 0 amide bonds. The van der Waals surface area contributed by atoms with Gasteiger partial charge in [-0.2, -0.15) is 0 Å². The van der Waals surface area contributed by atoms with Crippen LogP contribution >= 0.6 is 0 Å². The highest BCUT2D eigenvalue weighted by molar-refractivity contribution is 6.12. The number of aromatic nitrogens is 3. The van der Waals surface area contributed by atoms with Gasteiger partial charge in [-0.1, -0.05) is 84.4 Å². The Labute approximate surface area is 261 Å². The number of nitrogens with zero attached hydrogens (tertiary/aromatic N) is 3. The Morgan fingerprint density at radius 1 is 0.400 bits per heavy atom. The van der Waals surface area contributed by atoms with Gasteiger partial charge in [0, 0.05) is 44.7 Å². The van der Waals surface area contributed by atoms with Crippen LogP contribution in [-0.4, -0.2) is 14.1 Å². The predicted molar refractivity (Wildman–Crippen MR) is 189 cm³/mol. The Kier molecular flexibility index (Phi) is 5.72. The van der Waals surface area contributed by atoms with Crippen LogP contribution < -0.4 is 0 Å². The van der Waals surface area contributed by atoms with Gasteiger partial charge < -0.3 is 9.13 Å². The van der Waals surface area contributed by atoms with Crippen LogP contribution in [0.15, 0.2) is 158 Å². The Bertz CT molecular complexity index is 2530. The zero-order chi connectivity index (χ0) is 29.9. The molecule has 3 heterocycles. The summed E-state index contributed by atoms with van der Waals surface area (Å²) in [6.07, 6.45) is 1.85. The minimum Gasteiger partial charge on any atom is -0.309 e. The van der Waals surface area contributed by atoms with Crippen LogP contribution in [0.4, 0.5) is 0 Å². The van der Waals surface area contributed by atoms with Gasteiger partial charge >= 0.3 is 0 Å². The van der Waals surface area contributed by atoms with Crippen LogP contribution in [0.1, 0.15) is 5.56 Å². The van der Waals surface area contributed by atoms with Gasteiger partial charge in [0.25, 0.3) is 0 Å². The number of hydrogen-bond acceptors (Lipinski definition) is 1. The summed E-state index contributed by atoms with van der Waals surface area (Å²) in [5, 5.41) is 5.01. The van der Waals surface area contributed by atoms with Crippen molar-refractivity contribution in [3.05, 3.63) is 163 Å². The average Bonchev–Trinajstić information content (AvgIpc) is 3.61. The molecular formula is C42H29N3. The first-order valence-electron chi connectivity index (χ1n) is 15.4. The fourth-order valence-electron chi connectivity index (χ4n) is 6.89. The molecule has 0 aliphatic rings. The maximum Gasteiger partial charge on any atom is 0.0702 e. The zero-order valence-corrected chi connectivity index (χ0v) is 24.9. The van der Waals surface area contributed by atoms with E-state index in [0.29, 0.717) is 0 Å². The SMILES string of the molecule is Cc1ccc(-n2c3ccccc3c3cc(-c4ccc5c(c4)c4ccccc4n5-c4cccc(-c5ccccn5)c4)ccc32)cc1. The van der Waals surface area contributed by atoms with Gasteiger partial charge in [-0.3, -0.25) is 4.98 Å². The lowest BCUT2D eigenvalue weighted by molar-refractivity contribution is 1.17. The normalized spacial score (nSPS) is 11.7. The van der Waals surface area contributed by atoms with E-state index in [-0.39, 0.29) is 0 Å². The van der Waals surface area contributed by atoms with Crippen molar-refractivity contribution in [1.82, 2.24) is 14.1 Å². The number of hydrogen-bond donors (Lipinski definition) is 0. The summed E-state index contributed by atoms with van der Waals surface area (Å²) in [5.41, 5.74) is 12.9. The lowest BCUT2D eigenvalue weighted by atomic mass is 10.0. The van der Waals surface area contributed by atoms with Crippen molar-refractivity contribution in [2.24, 2.45) is 0 Å². The number of para-hydroxylation sites is 2. The third-order valence-corrected chi connectivity index (χ3v) is 9.04. The van der Waals surface area contributed by atoms with Gasteiger partial charge in [0.15, 0.2) is 0 Å². The topological polar surface area (TPSA) is 22.8 Å². The van der Waals surface area contributed by atoms with Crippen LogP contribution in [0.2, 0.25) is 0 Å². The van der Waals surface area contributed by atoms with Crippen molar-refractivity contribution in [2.75, 3.05) is 0 Å².